The number of aliphatic hydroxyl groups is 1. The van der Waals surface area contributed by atoms with E-state index < -0.39 is 6.10 Å². The van der Waals surface area contributed by atoms with E-state index in [1.54, 1.807) is 14.0 Å². The van der Waals surface area contributed by atoms with Gasteiger partial charge < -0.3 is 19.3 Å². The topological polar surface area (TPSA) is 67.6 Å². The molecule has 30 heavy (non-hydrogen) atoms. The predicted molar refractivity (Wildman–Crippen MR) is 120 cm³/mol. The molecule has 6 heteroatoms. The van der Waals surface area contributed by atoms with Crippen LogP contribution in [-0.4, -0.2) is 40.3 Å². The first-order chi connectivity index (χ1) is 14.4. The Balaban J connectivity index is 2.08. The van der Waals surface area contributed by atoms with E-state index in [0.29, 0.717) is 12.4 Å². The van der Waals surface area contributed by atoms with E-state index in [1.807, 2.05) is 59.7 Å². The third kappa shape index (κ3) is 4.25. The first kappa shape index (κ1) is 22.0. The van der Waals surface area contributed by atoms with Gasteiger partial charge in [-0.3, -0.25) is 4.79 Å². The number of aromatic nitrogens is 2. The van der Waals surface area contributed by atoms with Gasteiger partial charge in [-0.25, -0.2) is 4.98 Å². The van der Waals surface area contributed by atoms with Crippen LogP contribution >= 0.6 is 0 Å². The average molecular weight is 410 g/mol. The number of anilines is 1. The highest BCUT2D eigenvalue weighted by Gasteiger charge is 2.27. The number of rotatable bonds is 8. The summed E-state index contributed by atoms with van der Waals surface area (Å²) < 4.78 is 7.20. The molecule has 0 radical (unpaired) electrons. The zero-order valence-electron chi connectivity index (χ0n) is 18.4. The normalized spacial score (nSPS) is 13.4. The van der Waals surface area contributed by atoms with Crippen molar-refractivity contribution in [2.75, 3.05) is 18.6 Å². The summed E-state index contributed by atoms with van der Waals surface area (Å²) in [5.41, 5.74) is 4.72. The highest BCUT2D eigenvalue weighted by Crippen LogP contribution is 2.29. The minimum atomic E-state index is -0.778. The molecule has 0 aliphatic carbocycles. The number of carbonyl (C=O) groups excluding carboxylic acids is 1. The van der Waals surface area contributed by atoms with Crippen LogP contribution in [0, 0.1) is 6.92 Å². The Bertz CT molecular complexity index is 1030. The fourth-order valence-corrected chi connectivity index (χ4v) is 4.05. The summed E-state index contributed by atoms with van der Waals surface area (Å²) in [4.78, 5) is 20.1. The van der Waals surface area contributed by atoms with Gasteiger partial charge in [0.15, 0.2) is 0 Å². The van der Waals surface area contributed by atoms with Crippen LogP contribution in [0.3, 0.4) is 0 Å². The second-order valence-corrected chi connectivity index (χ2v) is 7.73. The molecule has 1 amide bonds. The lowest BCUT2D eigenvalue weighted by Crippen LogP contribution is -2.44. The predicted octanol–water partition coefficient (Wildman–Crippen LogP) is 4.03. The number of methoxy groups -OCH3 is 1. The molecule has 0 unspecified atom stereocenters. The van der Waals surface area contributed by atoms with Gasteiger partial charge in [0.05, 0.1) is 29.4 Å². The Morgan fingerprint density at radius 2 is 1.93 bits per heavy atom. The Kier molecular flexibility index (Phi) is 6.90. The number of ether oxygens (including phenoxy) is 1. The van der Waals surface area contributed by atoms with Crippen molar-refractivity contribution >= 4 is 22.6 Å². The largest absolute Gasteiger partial charge is 0.385 e. The summed E-state index contributed by atoms with van der Waals surface area (Å²) in [6, 6.07) is 13.6. The summed E-state index contributed by atoms with van der Waals surface area (Å²) in [5.74, 6) is 0.429. The molecule has 160 valence electrons. The molecule has 0 spiro atoms. The quantitative estimate of drug-likeness (QED) is 0.610. The van der Waals surface area contributed by atoms with E-state index in [2.05, 4.69) is 18.0 Å². The SMILES string of the molecule is CCc1cccc(C)c1N(C(=O)Cn1c([C@H](C)O)nc2ccccc21)[C@@H](C)COC. The number of aliphatic hydroxyl groups excluding tert-OH is 1. The lowest BCUT2D eigenvalue weighted by molar-refractivity contribution is -0.119. The van der Waals surface area contributed by atoms with Crippen LogP contribution in [-0.2, 0) is 22.5 Å². The van der Waals surface area contributed by atoms with Crippen LogP contribution in [0.2, 0.25) is 0 Å². The number of para-hydroxylation sites is 3. The summed E-state index contributed by atoms with van der Waals surface area (Å²) in [7, 11) is 1.65. The lowest BCUT2D eigenvalue weighted by Gasteiger charge is -2.32. The molecule has 1 N–H and O–H groups in total. The van der Waals surface area contributed by atoms with Crippen LogP contribution in [0.5, 0.6) is 0 Å². The zero-order chi connectivity index (χ0) is 21.8. The molecule has 0 bridgehead atoms. The van der Waals surface area contributed by atoms with Gasteiger partial charge in [0, 0.05) is 7.11 Å². The van der Waals surface area contributed by atoms with Gasteiger partial charge in [-0.05, 0) is 50.5 Å². The number of hydrogen-bond donors (Lipinski definition) is 1. The fourth-order valence-electron chi connectivity index (χ4n) is 4.05. The number of hydrogen-bond acceptors (Lipinski definition) is 4. The summed E-state index contributed by atoms with van der Waals surface area (Å²) >= 11 is 0. The number of amides is 1. The van der Waals surface area contributed by atoms with Gasteiger partial charge in [-0.1, -0.05) is 37.3 Å². The summed E-state index contributed by atoms with van der Waals surface area (Å²) in [6.07, 6.45) is 0.0488. The molecule has 0 saturated heterocycles. The average Bonchev–Trinajstić information content (AvgIpc) is 3.08. The molecule has 0 saturated carbocycles. The number of fused-ring (bicyclic) bond motifs is 1. The number of carbonyl (C=O) groups is 1. The van der Waals surface area contributed by atoms with E-state index in [0.717, 1.165) is 34.3 Å². The standard InChI is InChI=1S/C24H31N3O3/c1-6-19-11-9-10-16(2)23(19)27(17(3)15-30-5)22(29)14-26-21-13-8-7-12-20(21)25-24(26)18(4)28/h7-13,17-18,28H,6,14-15H2,1-5H3/t17-,18-/m0/s1. The van der Waals surface area contributed by atoms with Crippen molar-refractivity contribution in [3.05, 3.63) is 59.4 Å². The van der Waals surface area contributed by atoms with Crippen LogP contribution in [0.1, 0.15) is 43.8 Å². The van der Waals surface area contributed by atoms with Gasteiger partial charge >= 0.3 is 0 Å². The van der Waals surface area contributed by atoms with E-state index in [1.165, 1.54) is 0 Å². The molecule has 0 aliphatic heterocycles. The molecular formula is C24H31N3O3. The van der Waals surface area contributed by atoms with Crippen LogP contribution in [0.4, 0.5) is 5.69 Å². The van der Waals surface area contributed by atoms with Crippen molar-refractivity contribution in [2.45, 2.75) is 52.8 Å². The van der Waals surface area contributed by atoms with Gasteiger partial charge in [0.25, 0.3) is 0 Å². The zero-order valence-corrected chi connectivity index (χ0v) is 18.4. The molecule has 2 atom stereocenters. The smallest absolute Gasteiger partial charge is 0.247 e. The molecule has 1 heterocycles. The van der Waals surface area contributed by atoms with Gasteiger partial charge in [-0.2, -0.15) is 0 Å². The monoisotopic (exact) mass is 409 g/mol. The Morgan fingerprint density at radius 3 is 2.60 bits per heavy atom. The first-order valence-corrected chi connectivity index (χ1v) is 10.4. The third-order valence-corrected chi connectivity index (χ3v) is 5.41. The van der Waals surface area contributed by atoms with Crippen molar-refractivity contribution in [1.82, 2.24) is 9.55 Å². The molecule has 0 fully saturated rings. The van der Waals surface area contributed by atoms with Crippen molar-refractivity contribution < 1.29 is 14.6 Å². The molecule has 6 nitrogen and oxygen atoms in total. The Morgan fingerprint density at radius 1 is 1.20 bits per heavy atom. The Labute approximate surface area is 178 Å². The highest BCUT2D eigenvalue weighted by molar-refractivity contribution is 5.96. The Hall–Kier alpha value is -2.70. The number of nitrogens with zero attached hydrogens (tertiary/aromatic N) is 3. The maximum Gasteiger partial charge on any atom is 0.247 e. The van der Waals surface area contributed by atoms with E-state index in [-0.39, 0.29) is 18.5 Å². The molecule has 3 aromatic rings. The number of aryl methyl sites for hydroxylation is 2. The fraction of sp³-hybridized carbons (Fsp3) is 0.417. The summed E-state index contributed by atoms with van der Waals surface area (Å²) in [5, 5.41) is 10.3. The number of benzene rings is 2. The molecule has 3 rings (SSSR count). The van der Waals surface area contributed by atoms with E-state index >= 15 is 0 Å². The van der Waals surface area contributed by atoms with Crippen LogP contribution < -0.4 is 4.90 Å². The minimum Gasteiger partial charge on any atom is -0.385 e. The number of imidazole rings is 1. The van der Waals surface area contributed by atoms with Gasteiger partial charge in [0.2, 0.25) is 5.91 Å². The van der Waals surface area contributed by atoms with Gasteiger partial charge in [0.1, 0.15) is 18.5 Å². The highest BCUT2D eigenvalue weighted by atomic mass is 16.5. The minimum absolute atomic E-state index is 0.0615. The van der Waals surface area contributed by atoms with Crippen LogP contribution in [0.25, 0.3) is 11.0 Å². The van der Waals surface area contributed by atoms with Crippen molar-refractivity contribution in [2.24, 2.45) is 0 Å². The molecular weight excluding hydrogens is 378 g/mol. The first-order valence-electron chi connectivity index (χ1n) is 10.4. The van der Waals surface area contributed by atoms with Crippen molar-refractivity contribution in [3.63, 3.8) is 0 Å². The second kappa shape index (κ2) is 9.41. The van der Waals surface area contributed by atoms with Gasteiger partial charge in [-0.15, -0.1) is 0 Å². The molecule has 0 aliphatic rings. The van der Waals surface area contributed by atoms with E-state index in [4.69, 9.17) is 4.74 Å². The van der Waals surface area contributed by atoms with Crippen LogP contribution in [0.15, 0.2) is 42.5 Å². The van der Waals surface area contributed by atoms with E-state index in [9.17, 15) is 9.90 Å². The third-order valence-electron chi connectivity index (χ3n) is 5.41. The molecule has 2 aromatic carbocycles. The summed E-state index contributed by atoms with van der Waals surface area (Å²) in [6.45, 7) is 8.31. The second-order valence-electron chi connectivity index (χ2n) is 7.73. The van der Waals surface area contributed by atoms with Crippen molar-refractivity contribution in [3.8, 4) is 0 Å². The molecule has 1 aromatic heterocycles. The maximum atomic E-state index is 13.7. The lowest BCUT2D eigenvalue weighted by atomic mass is 10.0. The maximum absolute atomic E-state index is 13.7. The van der Waals surface area contributed by atoms with Crippen molar-refractivity contribution in [1.29, 1.82) is 0 Å².